The molecule has 3 heterocycles. The van der Waals surface area contributed by atoms with Gasteiger partial charge in [0.15, 0.2) is 11.6 Å². The van der Waals surface area contributed by atoms with Gasteiger partial charge in [0.2, 0.25) is 5.91 Å². The summed E-state index contributed by atoms with van der Waals surface area (Å²) < 4.78 is 60.3. The van der Waals surface area contributed by atoms with Crippen LogP contribution in [0.5, 0.6) is 11.6 Å². The Kier molecular flexibility index (Phi) is 8.05. The van der Waals surface area contributed by atoms with Crippen LogP contribution in [0.25, 0.3) is 16.6 Å². The van der Waals surface area contributed by atoms with Gasteiger partial charge in [0, 0.05) is 37.0 Å². The quantitative estimate of drug-likeness (QED) is 0.381. The molecule has 0 bridgehead atoms. The lowest BCUT2D eigenvalue weighted by molar-refractivity contribution is -0.121. The van der Waals surface area contributed by atoms with Crippen LogP contribution < -0.4 is 25.4 Å². The fourth-order valence-electron chi connectivity index (χ4n) is 2.89. The van der Waals surface area contributed by atoms with Gasteiger partial charge in [-0.2, -0.15) is 8.78 Å². The Morgan fingerprint density at radius 3 is 2.62 bits per heavy atom. The van der Waals surface area contributed by atoms with Crippen molar-refractivity contribution in [1.29, 1.82) is 0 Å². The number of pyridine rings is 2. The number of amides is 3. The SMILES string of the molecule is COc1ncc(-c2ccn3nc(NC(=O)NCCC(=O)NCC(F)F)cc3c2)cc1OC(F)F. The molecule has 10 nitrogen and oxygen atoms in total. The lowest BCUT2D eigenvalue weighted by atomic mass is 10.1. The maximum atomic E-state index is 12.7. The lowest BCUT2D eigenvalue weighted by Gasteiger charge is -2.10. The van der Waals surface area contributed by atoms with E-state index >= 15 is 0 Å². The minimum absolute atomic E-state index is 0.0636. The predicted molar refractivity (Wildman–Crippen MR) is 112 cm³/mol. The molecular weight excluding hydrogens is 464 g/mol. The van der Waals surface area contributed by atoms with Crippen molar-refractivity contribution in [2.75, 3.05) is 25.5 Å². The second-order valence-electron chi connectivity index (χ2n) is 6.75. The number of urea groups is 1. The van der Waals surface area contributed by atoms with Crippen molar-refractivity contribution in [3.8, 4) is 22.8 Å². The van der Waals surface area contributed by atoms with Gasteiger partial charge >= 0.3 is 12.6 Å². The zero-order valence-electron chi connectivity index (χ0n) is 17.7. The first-order valence-electron chi connectivity index (χ1n) is 9.83. The summed E-state index contributed by atoms with van der Waals surface area (Å²) in [5, 5.41) is 11.1. The van der Waals surface area contributed by atoms with Gasteiger partial charge in [0.25, 0.3) is 12.3 Å². The van der Waals surface area contributed by atoms with Crippen LogP contribution in [-0.2, 0) is 4.79 Å². The Morgan fingerprint density at radius 2 is 1.91 bits per heavy atom. The Balaban J connectivity index is 1.64. The fourth-order valence-corrected chi connectivity index (χ4v) is 2.89. The van der Waals surface area contributed by atoms with E-state index in [1.54, 1.807) is 24.4 Å². The van der Waals surface area contributed by atoms with Crippen LogP contribution in [0.15, 0.2) is 36.7 Å². The summed E-state index contributed by atoms with van der Waals surface area (Å²) in [7, 11) is 1.28. The second kappa shape index (κ2) is 11.2. The number of methoxy groups -OCH3 is 1. The molecule has 3 N–H and O–H groups in total. The van der Waals surface area contributed by atoms with Crippen molar-refractivity contribution < 1.29 is 36.6 Å². The molecule has 0 aliphatic carbocycles. The van der Waals surface area contributed by atoms with Crippen LogP contribution in [0.2, 0.25) is 0 Å². The molecule has 3 amide bonds. The van der Waals surface area contributed by atoms with Crippen molar-refractivity contribution in [3.63, 3.8) is 0 Å². The van der Waals surface area contributed by atoms with Gasteiger partial charge in [0.05, 0.1) is 19.2 Å². The highest BCUT2D eigenvalue weighted by molar-refractivity contribution is 5.89. The van der Waals surface area contributed by atoms with Crippen molar-refractivity contribution in [2.24, 2.45) is 0 Å². The third-order valence-corrected chi connectivity index (χ3v) is 4.36. The summed E-state index contributed by atoms with van der Waals surface area (Å²) in [6, 6.07) is 5.64. The highest BCUT2D eigenvalue weighted by atomic mass is 19.3. The topological polar surface area (TPSA) is 119 Å². The molecule has 0 aromatic carbocycles. The van der Waals surface area contributed by atoms with Gasteiger partial charge in [-0.25, -0.2) is 23.1 Å². The Hall–Kier alpha value is -4.10. The average Bonchev–Trinajstić information content (AvgIpc) is 3.18. The molecule has 14 heteroatoms. The number of anilines is 1. The van der Waals surface area contributed by atoms with Gasteiger partial charge < -0.3 is 20.1 Å². The minimum atomic E-state index is -3.05. The molecule has 0 spiro atoms. The lowest BCUT2D eigenvalue weighted by Crippen LogP contribution is -2.34. The first-order valence-corrected chi connectivity index (χ1v) is 9.83. The van der Waals surface area contributed by atoms with Crippen LogP contribution in [0.3, 0.4) is 0 Å². The minimum Gasteiger partial charge on any atom is -0.478 e. The molecule has 0 saturated heterocycles. The molecular formula is C20H20F4N6O4. The summed E-state index contributed by atoms with van der Waals surface area (Å²) in [5.74, 6) is -0.717. The number of fused-ring (bicyclic) bond motifs is 1. The first kappa shape index (κ1) is 24.5. The Morgan fingerprint density at radius 1 is 1.12 bits per heavy atom. The van der Waals surface area contributed by atoms with Crippen molar-refractivity contribution in [3.05, 3.63) is 36.7 Å². The van der Waals surface area contributed by atoms with Gasteiger partial charge in [0.1, 0.15) is 0 Å². The molecule has 182 valence electrons. The number of nitrogens with one attached hydrogen (secondary N) is 3. The molecule has 0 aliphatic heterocycles. The summed E-state index contributed by atoms with van der Waals surface area (Å²) in [5.41, 5.74) is 1.68. The van der Waals surface area contributed by atoms with Crippen LogP contribution in [0.4, 0.5) is 28.2 Å². The number of rotatable bonds is 10. The van der Waals surface area contributed by atoms with E-state index in [4.69, 9.17) is 4.74 Å². The van der Waals surface area contributed by atoms with E-state index in [1.807, 2.05) is 5.32 Å². The summed E-state index contributed by atoms with van der Waals surface area (Å²) in [6.07, 6.45) is 0.217. The number of carbonyl (C=O) groups excluding carboxylic acids is 2. The number of hydrogen-bond acceptors (Lipinski definition) is 6. The molecule has 3 aromatic rings. The van der Waals surface area contributed by atoms with E-state index in [0.29, 0.717) is 16.6 Å². The summed E-state index contributed by atoms with van der Waals surface area (Å²) in [4.78, 5) is 27.3. The Bertz CT molecular complexity index is 1160. The number of hydrogen-bond donors (Lipinski definition) is 3. The zero-order chi connectivity index (χ0) is 24.7. The van der Waals surface area contributed by atoms with Crippen molar-refractivity contribution >= 4 is 23.3 Å². The van der Waals surface area contributed by atoms with Crippen LogP contribution in [0.1, 0.15) is 6.42 Å². The predicted octanol–water partition coefficient (Wildman–Crippen LogP) is 2.90. The van der Waals surface area contributed by atoms with E-state index in [9.17, 15) is 27.2 Å². The number of aromatic nitrogens is 3. The molecule has 3 aromatic heterocycles. The Labute approximate surface area is 190 Å². The number of ether oxygens (including phenoxy) is 2. The maximum absolute atomic E-state index is 12.7. The largest absolute Gasteiger partial charge is 0.478 e. The molecule has 0 radical (unpaired) electrons. The van der Waals surface area contributed by atoms with Crippen LogP contribution in [-0.4, -0.2) is 59.8 Å². The van der Waals surface area contributed by atoms with Gasteiger partial charge in [-0.1, -0.05) is 0 Å². The molecule has 0 atom stereocenters. The normalized spacial score (nSPS) is 11.0. The monoisotopic (exact) mass is 484 g/mol. The third-order valence-electron chi connectivity index (χ3n) is 4.36. The third kappa shape index (κ3) is 6.70. The van der Waals surface area contributed by atoms with Crippen molar-refractivity contribution in [2.45, 2.75) is 19.5 Å². The molecule has 0 aliphatic rings. The smallest absolute Gasteiger partial charge is 0.387 e. The average molecular weight is 484 g/mol. The van der Waals surface area contributed by atoms with E-state index in [-0.39, 0.29) is 30.4 Å². The molecule has 0 saturated carbocycles. The highest BCUT2D eigenvalue weighted by Gasteiger charge is 2.14. The van der Waals surface area contributed by atoms with Crippen molar-refractivity contribution in [1.82, 2.24) is 25.2 Å². The maximum Gasteiger partial charge on any atom is 0.387 e. The van der Waals surface area contributed by atoms with Gasteiger partial charge in [-0.15, -0.1) is 5.10 Å². The molecule has 0 fully saturated rings. The first-order chi connectivity index (χ1) is 16.2. The summed E-state index contributed by atoms with van der Waals surface area (Å²) >= 11 is 0. The number of halogens is 4. The van der Waals surface area contributed by atoms with E-state index in [2.05, 4.69) is 25.5 Å². The number of nitrogens with zero attached hydrogens (tertiary/aromatic N) is 3. The zero-order valence-corrected chi connectivity index (χ0v) is 17.7. The highest BCUT2D eigenvalue weighted by Crippen LogP contribution is 2.31. The van der Waals surface area contributed by atoms with Gasteiger partial charge in [-0.3, -0.25) is 10.1 Å². The van der Waals surface area contributed by atoms with E-state index < -0.39 is 31.5 Å². The second-order valence-corrected chi connectivity index (χ2v) is 6.75. The summed E-state index contributed by atoms with van der Waals surface area (Å²) in [6.45, 7) is -3.86. The number of carbonyl (C=O) groups is 2. The molecule has 0 unspecified atom stereocenters. The fraction of sp³-hybridized carbons (Fsp3) is 0.300. The van der Waals surface area contributed by atoms with E-state index in [0.717, 1.165) is 0 Å². The molecule has 3 rings (SSSR count). The number of alkyl halides is 4. The molecule has 34 heavy (non-hydrogen) atoms. The van der Waals surface area contributed by atoms with E-state index in [1.165, 1.54) is 23.9 Å². The van der Waals surface area contributed by atoms with Crippen LogP contribution in [0, 0.1) is 0 Å². The van der Waals surface area contributed by atoms with Gasteiger partial charge in [-0.05, 0) is 23.8 Å². The van der Waals surface area contributed by atoms with Crippen LogP contribution >= 0.6 is 0 Å². The standard InChI is InChI=1S/C20H20F4N6O4/c1-33-18-14(34-19(23)24)7-12(9-27-18)11-3-5-30-13(6-11)8-16(29-30)28-20(32)25-4-2-17(31)26-10-15(21)22/h3,5-9,15,19H,2,4,10H2,1H3,(H,26,31)(H2,25,28,29,32).